The first-order valence-corrected chi connectivity index (χ1v) is 8.14. The number of alkyl halides is 3. The highest BCUT2D eigenvalue weighted by Gasteiger charge is 2.33. The number of carbonyl (C=O) groups is 1. The lowest BCUT2D eigenvalue weighted by atomic mass is 9.97. The van der Waals surface area contributed by atoms with Gasteiger partial charge in [0, 0.05) is 18.7 Å². The molecule has 8 heteroatoms. The Labute approximate surface area is 143 Å². The van der Waals surface area contributed by atoms with E-state index in [9.17, 15) is 18.0 Å². The average Bonchev–Trinajstić information content (AvgIpc) is 3.11. The summed E-state index contributed by atoms with van der Waals surface area (Å²) >= 11 is 0. The largest absolute Gasteiger partial charge is 0.435 e. The molecule has 25 heavy (non-hydrogen) atoms. The highest BCUT2D eigenvalue weighted by atomic mass is 19.4. The normalized spacial score (nSPS) is 16.0. The Morgan fingerprint density at radius 3 is 2.48 bits per heavy atom. The van der Waals surface area contributed by atoms with Crippen LogP contribution in [0.1, 0.15) is 24.1 Å². The molecule has 2 N–H and O–H groups in total. The minimum absolute atomic E-state index is 0.0467. The molecule has 3 rings (SSSR count). The van der Waals surface area contributed by atoms with Gasteiger partial charge in [-0.1, -0.05) is 12.1 Å². The fourth-order valence-electron chi connectivity index (χ4n) is 2.80. The standard InChI is InChI=1S/C17H19F3N4O/c18-17(19,20)15-7-10-24(23-15)14-3-1-12(2-4-14)11-22-16(25)13-5-8-21-9-6-13/h1-4,7,10,13,21H,5-6,8-9,11H2,(H,22,25). The van der Waals surface area contributed by atoms with E-state index < -0.39 is 11.9 Å². The van der Waals surface area contributed by atoms with Crippen LogP contribution in [0.2, 0.25) is 0 Å². The summed E-state index contributed by atoms with van der Waals surface area (Å²) in [6.45, 7) is 2.11. The van der Waals surface area contributed by atoms with Gasteiger partial charge in [-0.25, -0.2) is 4.68 Å². The van der Waals surface area contributed by atoms with Gasteiger partial charge >= 0.3 is 6.18 Å². The van der Waals surface area contributed by atoms with Gasteiger partial charge in [-0.2, -0.15) is 18.3 Å². The molecule has 0 unspecified atom stereocenters. The number of carbonyl (C=O) groups excluding carboxylic acids is 1. The molecule has 2 heterocycles. The summed E-state index contributed by atoms with van der Waals surface area (Å²) in [5.74, 6) is 0.0952. The van der Waals surface area contributed by atoms with Crippen LogP contribution in [0.15, 0.2) is 36.5 Å². The highest BCUT2D eigenvalue weighted by Crippen LogP contribution is 2.27. The first-order chi connectivity index (χ1) is 11.9. The minimum atomic E-state index is -4.45. The fourth-order valence-corrected chi connectivity index (χ4v) is 2.80. The summed E-state index contributed by atoms with van der Waals surface area (Å²) in [4.78, 5) is 12.1. The maximum Gasteiger partial charge on any atom is 0.435 e. The van der Waals surface area contributed by atoms with Crippen molar-refractivity contribution < 1.29 is 18.0 Å². The molecule has 0 aliphatic carbocycles. The van der Waals surface area contributed by atoms with E-state index in [4.69, 9.17) is 0 Å². The van der Waals surface area contributed by atoms with Crippen LogP contribution in [-0.2, 0) is 17.5 Å². The van der Waals surface area contributed by atoms with Crippen molar-refractivity contribution in [3.8, 4) is 5.69 Å². The zero-order valence-corrected chi connectivity index (χ0v) is 13.5. The number of hydrogen-bond acceptors (Lipinski definition) is 3. The Balaban J connectivity index is 1.58. The van der Waals surface area contributed by atoms with E-state index in [2.05, 4.69) is 15.7 Å². The molecule has 1 saturated heterocycles. The molecule has 1 aliphatic heterocycles. The van der Waals surface area contributed by atoms with Crippen LogP contribution >= 0.6 is 0 Å². The molecule has 1 amide bonds. The smallest absolute Gasteiger partial charge is 0.352 e. The number of piperidine rings is 1. The number of benzene rings is 1. The van der Waals surface area contributed by atoms with Gasteiger partial charge in [-0.3, -0.25) is 4.79 Å². The van der Waals surface area contributed by atoms with Crippen molar-refractivity contribution in [2.24, 2.45) is 5.92 Å². The van der Waals surface area contributed by atoms with Crippen LogP contribution in [0.5, 0.6) is 0 Å². The summed E-state index contributed by atoms with van der Waals surface area (Å²) < 4.78 is 39.0. The SMILES string of the molecule is O=C(NCc1ccc(-n2ccc(C(F)(F)F)n2)cc1)C1CCNCC1. The first-order valence-electron chi connectivity index (χ1n) is 8.14. The fraction of sp³-hybridized carbons (Fsp3) is 0.412. The van der Waals surface area contributed by atoms with E-state index in [-0.39, 0.29) is 11.8 Å². The molecular weight excluding hydrogens is 333 g/mol. The molecule has 0 bridgehead atoms. The number of halogens is 3. The molecule has 0 atom stereocenters. The molecule has 1 aromatic heterocycles. The second-order valence-corrected chi connectivity index (χ2v) is 6.05. The Hall–Kier alpha value is -2.35. The van der Waals surface area contributed by atoms with Crippen LogP contribution in [-0.4, -0.2) is 28.8 Å². The summed E-state index contributed by atoms with van der Waals surface area (Å²) in [5.41, 5.74) is 0.490. The second kappa shape index (κ2) is 7.26. The van der Waals surface area contributed by atoms with Crippen LogP contribution in [0.25, 0.3) is 5.69 Å². The highest BCUT2D eigenvalue weighted by molar-refractivity contribution is 5.78. The molecule has 1 fully saturated rings. The van der Waals surface area contributed by atoms with Gasteiger partial charge in [-0.15, -0.1) is 0 Å². The Kier molecular flexibility index (Phi) is 5.08. The second-order valence-electron chi connectivity index (χ2n) is 6.05. The van der Waals surface area contributed by atoms with Gasteiger partial charge < -0.3 is 10.6 Å². The van der Waals surface area contributed by atoms with Gasteiger partial charge in [-0.05, 0) is 49.7 Å². The molecule has 0 radical (unpaired) electrons. The van der Waals surface area contributed by atoms with Crippen LogP contribution < -0.4 is 10.6 Å². The lowest BCUT2D eigenvalue weighted by Crippen LogP contribution is -2.37. The topological polar surface area (TPSA) is 59.0 Å². The van der Waals surface area contributed by atoms with Crippen LogP contribution in [0, 0.1) is 5.92 Å². The molecule has 0 saturated carbocycles. The molecule has 1 aliphatic rings. The van der Waals surface area contributed by atoms with Crippen molar-refractivity contribution >= 4 is 5.91 Å². The summed E-state index contributed by atoms with van der Waals surface area (Å²) in [7, 11) is 0. The maximum absolute atomic E-state index is 12.6. The Morgan fingerprint density at radius 1 is 1.20 bits per heavy atom. The summed E-state index contributed by atoms with van der Waals surface area (Å²) in [5, 5.41) is 9.66. The molecule has 2 aromatic rings. The zero-order valence-electron chi connectivity index (χ0n) is 13.5. The molecule has 5 nitrogen and oxygen atoms in total. The van der Waals surface area contributed by atoms with Crippen molar-refractivity contribution in [2.45, 2.75) is 25.6 Å². The van der Waals surface area contributed by atoms with Gasteiger partial charge in [0.2, 0.25) is 5.91 Å². The number of hydrogen-bond donors (Lipinski definition) is 2. The number of nitrogens with zero attached hydrogens (tertiary/aromatic N) is 2. The molecule has 0 spiro atoms. The maximum atomic E-state index is 12.6. The Morgan fingerprint density at radius 2 is 1.88 bits per heavy atom. The van der Waals surface area contributed by atoms with E-state index in [0.717, 1.165) is 37.6 Å². The third-order valence-electron chi connectivity index (χ3n) is 4.26. The van der Waals surface area contributed by atoms with E-state index >= 15 is 0 Å². The van der Waals surface area contributed by atoms with Gasteiger partial charge in [0.05, 0.1) is 5.69 Å². The number of aromatic nitrogens is 2. The van der Waals surface area contributed by atoms with Crippen molar-refractivity contribution in [3.63, 3.8) is 0 Å². The van der Waals surface area contributed by atoms with Gasteiger partial charge in [0.15, 0.2) is 5.69 Å². The quantitative estimate of drug-likeness (QED) is 0.889. The summed E-state index contributed by atoms with van der Waals surface area (Å²) in [6.07, 6.45) is -1.50. The van der Waals surface area contributed by atoms with E-state index in [0.29, 0.717) is 12.2 Å². The van der Waals surface area contributed by atoms with Crippen molar-refractivity contribution in [1.29, 1.82) is 0 Å². The third kappa shape index (κ3) is 4.39. The number of nitrogens with one attached hydrogen (secondary N) is 2. The van der Waals surface area contributed by atoms with Crippen LogP contribution in [0.3, 0.4) is 0 Å². The monoisotopic (exact) mass is 352 g/mol. The molecule has 134 valence electrons. The van der Waals surface area contributed by atoms with Crippen molar-refractivity contribution in [2.75, 3.05) is 13.1 Å². The minimum Gasteiger partial charge on any atom is -0.352 e. The Bertz CT molecular complexity index is 718. The number of amides is 1. The van der Waals surface area contributed by atoms with E-state index in [1.54, 1.807) is 24.3 Å². The zero-order chi connectivity index (χ0) is 17.9. The third-order valence-corrected chi connectivity index (χ3v) is 4.26. The molecular formula is C17H19F3N4O. The first kappa shape index (κ1) is 17.5. The van der Waals surface area contributed by atoms with Gasteiger partial charge in [0.25, 0.3) is 0 Å². The predicted octanol–water partition coefficient (Wildman–Crippen LogP) is 2.51. The van der Waals surface area contributed by atoms with Crippen LogP contribution in [0.4, 0.5) is 13.2 Å². The summed E-state index contributed by atoms with van der Waals surface area (Å²) in [6, 6.07) is 7.84. The van der Waals surface area contributed by atoms with Gasteiger partial charge in [0.1, 0.15) is 0 Å². The van der Waals surface area contributed by atoms with E-state index in [1.165, 1.54) is 10.9 Å². The molecule has 1 aromatic carbocycles. The van der Waals surface area contributed by atoms with Crippen molar-refractivity contribution in [3.05, 3.63) is 47.8 Å². The number of rotatable bonds is 4. The lowest BCUT2D eigenvalue weighted by molar-refractivity contribution is -0.141. The average molecular weight is 352 g/mol. The van der Waals surface area contributed by atoms with E-state index in [1.807, 2.05) is 0 Å². The predicted molar refractivity (Wildman–Crippen MR) is 86.0 cm³/mol. The lowest BCUT2D eigenvalue weighted by Gasteiger charge is -2.21. The van der Waals surface area contributed by atoms with Crippen molar-refractivity contribution in [1.82, 2.24) is 20.4 Å².